The summed E-state index contributed by atoms with van der Waals surface area (Å²) in [7, 11) is 0. The summed E-state index contributed by atoms with van der Waals surface area (Å²) in [6.07, 6.45) is 1.72. The van der Waals surface area contributed by atoms with Crippen LogP contribution in [0.15, 0.2) is 27.1 Å². The molecule has 0 saturated carbocycles. The number of aryl methyl sites for hydroxylation is 2. The first-order chi connectivity index (χ1) is 9.06. The summed E-state index contributed by atoms with van der Waals surface area (Å²) in [5, 5.41) is 1.58. The molecule has 100 valence electrons. The second kappa shape index (κ2) is 6.16. The van der Waals surface area contributed by atoms with Gasteiger partial charge in [0.25, 0.3) is 5.56 Å². The Labute approximate surface area is 119 Å². The molecule has 2 heterocycles. The van der Waals surface area contributed by atoms with Crippen LogP contribution >= 0.6 is 23.4 Å². The minimum Gasteiger partial charge on any atom is -0.301 e. The summed E-state index contributed by atoms with van der Waals surface area (Å²) in [4.78, 5) is 26.8. The summed E-state index contributed by atoms with van der Waals surface area (Å²) in [5.74, 6) is 0.701. The topological polar surface area (TPSA) is 71.5 Å². The van der Waals surface area contributed by atoms with Crippen LogP contribution in [-0.4, -0.2) is 19.9 Å². The van der Waals surface area contributed by atoms with Crippen LogP contribution < -0.4 is 5.56 Å². The number of aromatic nitrogens is 4. The van der Waals surface area contributed by atoms with E-state index in [9.17, 15) is 4.79 Å². The molecule has 0 fully saturated rings. The fraction of sp³-hybridized carbons (Fsp3) is 0.333. The second-order valence-corrected chi connectivity index (χ2v) is 5.39. The van der Waals surface area contributed by atoms with Crippen LogP contribution in [0, 0.1) is 6.92 Å². The number of nitrogens with one attached hydrogen (secondary N) is 1. The fourth-order valence-electron chi connectivity index (χ4n) is 1.53. The maximum Gasteiger partial charge on any atom is 0.251 e. The van der Waals surface area contributed by atoms with Gasteiger partial charge in [-0.1, -0.05) is 18.5 Å². The van der Waals surface area contributed by atoms with Gasteiger partial charge in [-0.2, -0.15) is 0 Å². The normalized spacial score (nSPS) is 10.7. The largest absolute Gasteiger partial charge is 0.301 e. The zero-order valence-corrected chi connectivity index (χ0v) is 12.2. The Bertz CT molecular complexity index is 644. The van der Waals surface area contributed by atoms with E-state index in [0.29, 0.717) is 26.9 Å². The lowest BCUT2D eigenvalue weighted by atomic mass is 10.3. The number of hydrogen-bond donors (Lipinski definition) is 1. The van der Waals surface area contributed by atoms with Gasteiger partial charge in [-0.15, -0.1) is 0 Å². The van der Waals surface area contributed by atoms with Gasteiger partial charge in [0, 0.05) is 24.2 Å². The Hall–Kier alpha value is -1.40. The van der Waals surface area contributed by atoms with E-state index in [1.54, 1.807) is 13.0 Å². The molecule has 0 bridgehead atoms. The highest BCUT2D eigenvalue weighted by atomic mass is 35.5. The van der Waals surface area contributed by atoms with Gasteiger partial charge in [0.05, 0.1) is 0 Å². The maximum atomic E-state index is 11.4. The van der Waals surface area contributed by atoms with Crippen molar-refractivity contribution in [3.63, 3.8) is 0 Å². The van der Waals surface area contributed by atoms with Crippen LogP contribution in [0.1, 0.15) is 24.9 Å². The lowest BCUT2D eigenvalue weighted by Gasteiger charge is -2.04. The Morgan fingerprint density at radius 3 is 2.79 bits per heavy atom. The predicted molar refractivity (Wildman–Crippen MR) is 74.8 cm³/mol. The van der Waals surface area contributed by atoms with Crippen molar-refractivity contribution in [3.8, 4) is 0 Å². The van der Waals surface area contributed by atoms with Crippen molar-refractivity contribution < 1.29 is 0 Å². The zero-order valence-electron chi connectivity index (χ0n) is 10.6. The van der Waals surface area contributed by atoms with E-state index in [1.807, 2.05) is 0 Å². The van der Waals surface area contributed by atoms with E-state index < -0.39 is 0 Å². The Morgan fingerprint density at radius 1 is 1.32 bits per heavy atom. The van der Waals surface area contributed by atoms with Crippen molar-refractivity contribution >= 4 is 23.4 Å². The first kappa shape index (κ1) is 14.0. The molecule has 2 aromatic rings. The van der Waals surface area contributed by atoms with Crippen LogP contribution in [0.2, 0.25) is 5.15 Å². The van der Waals surface area contributed by atoms with Crippen LogP contribution in [0.3, 0.4) is 0 Å². The third kappa shape index (κ3) is 4.04. The van der Waals surface area contributed by atoms with Crippen LogP contribution in [-0.2, 0) is 6.42 Å². The highest BCUT2D eigenvalue weighted by Gasteiger charge is 2.07. The minimum atomic E-state index is -0.177. The third-order valence-electron chi connectivity index (χ3n) is 2.24. The molecule has 0 amide bonds. The molecule has 0 spiro atoms. The highest BCUT2D eigenvalue weighted by molar-refractivity contribution is 7.99. The summed E-state index contributed by atoms with van der Waals surface area (Å²) >= 11 is 7.23. The van der Waals surface area contributed by atoms with E-state index >= 15 is 0 Å². The summed E-state index contributed by atoms with van der Waals surface area (Å²) < 4.78 is 0. The van der Waals surface area contributed by atoms with E-state index in [0.717, 1.165) is 12.8 Å². The molecule has 0 aliphatic carbocycles. The quantitative estimate of drug-likeness (QED) is 0.693. The van der Waals surface area contributed by atoms with Gasteiger partial charge >= 0.3 is 0 Å². The van der Waals surface area contributed by atoms with Crippen molar-refractivity contribution in [1.29, 1.82) is 0 Å². The number of halogens is 1. The molecule has 0 aliphatic heterocycles. The Kier molecular flexibility index (Phi) is 4.55. The zero-order chi connectivity index (χ0) is 13.8. The van der Waals surface area contributed by atoms with Crippen molar-refractivity contribution in [2.45, 2.75) is 36.9 Å². The molecular weight excluding hydrogens is 284 g/mol. The smallest absolute Gasteiger partial charge is 0.251 e. The van der Waals surface area contributed by atoms with Crippen LogP contribution in [0.25, 0.3) is 0 Å². The van der Waals surface area contributed by atoms with Gasteiger partial charge in [0.1, 0.15) is 16.0 Å². The molecule has 0 atom stereocenters. The first-order valence-corrected chi connectivity index (χ1v) is 7.05. The number of rotatable bonds is 4. The SMILES string of the molecule is CCCc1nc(Cl)cc(Sc2nc(C)cc(=O)[nH]2)n1. The van der Waals surface area contributed by atoms with Crippen molar-refractivity contribution in [1.82, 2.24) is 19.9 Å². The molecule has 0 radical (unpaired) electrons. The maximum absolute atomic E-state index is 11.4. The average Bonchev–Trinajstić information content (AvgIpc) is 2.26. The van der Waals surface area contributed by atoms with Crippen molar-refractivity contribution in [3.05, 3.63) is 39.2 Å². The molecular formula is C12H13ClN4OS. The molecule has 2 aromatic heterocycles. The first-order valence-electron chi connectivity index (χ1n) is 5.86. The molecule has 0 aromatic carbocycles. The lowest BCUT2D eigenvalue weighted by molar-refractivity contribution is 0.807. The lowest BCUT2D eigenvalue weighted by Crippen LogP contribution is -2.08. The van der Waals surface area contributed by atoms with Gasteiger partial charge in [-0.3, -0.25) is 4.79 Å². The molecule has 0 saturated heterocycles. The van der Waals surface area contributed by atoms with Crippen molar-refractivity contribution in [2.75, 3.05) is 0 Å². The molecule has 2 rings (SSSR count). The Morgan fingerprint density at radius 2 is 2.11 bits per heavy atom. The predicted octanol–water partition coefficient (Wildman–Crippen LogP) is 2.63. The molecule has 19 heavy (non-hydrogen) atoms. The van der Waals surface area contributed by atoms with Crippen LogP contribution in [0.5, 0.6) is 0 Å². The summed E-state index contributed by atoms with van der Waals surface area (Å²) in [6, 6.07) is 3.10. The van der Waals surface area contributed by atoms with Crippen molar-refractivity contribution in [2.24, 2.45) is 0 Å². The molecule has 0 aliphatic rings. The summed E-state index contributed by atoms with van der Waals surface area (Å²) in [6.45, 7) is 3.82. The highest BCUT2D eigenvalue weighted by Crippen LogP contribution is 2.24. The molecule has 5 nitrogen and oxygen atoms in total. The summed E-state index contributed by atoms with van der Waals surface area (Å²) in [5.41, 5.74) is 0.490. The number of aromatic amines is 1. The third-order valence-corrected chi connectivity index (χ3v) is 3.24. The minimum absolute atomic E-state index is 0.177. The second-order valence-electron chi connectivity index (χ2n) is 3.99. The average molecular weight is 297 g/mol. The number of hydrogen-bond acceptors (Lipinski definition) is 5. The molecule has 0 unspecified atom stereocenters. The monoisotopic (exact) mass is 296 g/mol. The van der Waals surface area contributed by atoms with E-state index in [2.05, 4.69) is 26.9 Å². The van der Waals surface area contributed by atoms with E-state index in [4.69, 9.17) is 11.6 Å². The van der Waals surface area contributed by atoms with Gasteiger partial charge in [-0.05, 0) is 25.1 Å². The number of H-pyrrole nitrogens is 1. The molecule has 7 heteroatoms. The fourth-order valence-corrected chi connectivity index (χ4v) is 2.66. The van der Waals surface area contributed by atoms with Gasteiger partial charge in [-0.25, -0.2) is 15.0 Å². The standard InChI is InChI=1S/C12H13ClN4OS/c1-3-4-9-15-8(13)6-11(16-9)19-12-14-7(2)5-10(18)17-12/h5-6H,3-4H2,1-2H3,(H,14,17,18). The van der Waals surface area contributed by atoms with Gasteiger partial charge < -0.3 is 4.98 Å². The van der Waals surface area contributed by atoms with Gasteiger partial charge in [0.2, 0.25) is 0 Å². The van der Waals surface area contributed by atoms with E-state index in [-0.39, 0.29) is 5.56 Å². The Balaban J connectivity index is 2.29. The van der Waals surface area contributed by atoms with Crippen LogP contribution in [0.4, 0.5) is 0 Å². The molecule has 1 N–H and O–H groups in total. The van der Waals surface area contributed by atoms with E-state index in [1.165, 1.54) is 17.8 Å². The van der Waals surface area contributed by atoms with Gasteiger partial charge in [0.15, 0.2) is 5.16 Å². The number of nitrogens with zero attached hydrogens (tertiary/aromatic N) is 3.